The zero-order valence-corrected chi connectivity index (χ0v) is 12.0. The fourth-order valence-corrected chi connectivity index (χ4v) is 2.62. The van der Waals surface area contributed by atoms with Crippen LogP contribution in [0.1, 0.15) is 39.0 Å². The Bertz CT molecular complexity index is 556. The highest BCUT2D eigenvalue weighted by Crippen LogP contribution is 2.16. The average molecular weight is 281 g/mol. The van der Waals surface area contributed by atoms with E-state index < -0.39 is 0 Å². The van der Waals surface area contributed by atoms with Crippen molar-refractivity contribution in [1.82, 2.24) is 9.13 Å². The van der Waals surface area contributed by atoms with Crippen LogP contribution in [-0.2, 0) is 17.8 Å². The van der Waals surface area contributed by atoms with Crippen LogP contribution in [0.2, 0.25) is 0 Å². The number of anilines is 1. The molecule has 1 aromatic heterocycles. The van der Waals surface area contributed by atoms with Crippen molar-refractivity contribution in [3.05, 3.63) is 27.0 Å². The van der Waals surface area contributed by atoms with E-state index in [9.17, 15) is 9.59 Å². The smallest absolute Gasteiger partial charge is 0.331 e. The molecule has 1 saturated heterocycles. The van der Waals surface area contributed by atoms with Crippen LogP contribution in [0, 0.1) is 0 Å². The maximum atomic E-state index is 12.2. The molecule has 6 heteroatoms. The Kier molecular flexibility index (Phi) is 5.00. The molecule has 1 atom stereocenters. The molecule has 2 N–H and O–H groups in total. The maximum Gasteiger partial charge on any atom is 0.331 e. The molecule has 1 aliphatic rings. The van der Waals surface area contributed by atoms with Gasteiger partial charge in [-0.25, -0.2) is 4.79 Å². The number of hydrogen-bond donors (Lipinski definition) is 1. The summed E-state index contributed by atoms with van der Waals surface area (Å²) < 4.78 is 8.31. The minimum absolute atomic E-state index is 0.134. The van der Waals surface area contributed by atoms with E-state index >= 15 is 0 Å². The van der Waals surface area contributed by atoms with Gasteiger partial charge in [0.15, 0.2) is 0 Å². The Hall–Kier alpha value is -1.56. The summed E-state index contributed by atoms with van der Waals surface area (Å²) in [4.78, 5) is 24.2. The molecule has 2 rings (SSSR count). The fraction of sp³-hybridized carbons (Fsp3) is 0.714. The highest BCUT2D eigenvalue weighted by atomic mass is 16.5. The second kappa shape index (κ2) is 6.74. The van der Waals surface area contributed by atoms with Gasteiger partial charge in [-0.3, -0.25) is 13.9 Å². The van der Waals surface area contributed by atoms with Gasteiger partial charge in [-0.1, -0.05) is 6.92 Å². The van der Waals surface area contributed by atoms with E-state index in [1.807, 2.05) is 6.92 Å². The molecule has 1 aromatic rings. The Morgan fingerprint density at radius 1 is 1.40 bits per heavy atom. The van der Waals surface area contributed by atoms with Crippen molar-refractivity contribution in [2.24, 2.45) is 0 Å². The van der Waals surface area contributed by atoms with Gasteiger partial charge in [-0.2, -0.15) is 0 Å². The Morgan fingerprint density at radius 2 is 2.20 bits per heavy atom. The number of aromatic nitrogens is 2. The predicted octanol–water partition coefficient (Wildman–Crippen LogP) is 0.961. The molecule has 20 heavy (non-hydrogen) atoms. The summed E-state index contributed by atoms with van der Waals surface area (Å²) in [6.07, 6.45) is 6.38. The zero-order chi connectivity index (χ0) is 14.5. The maximum absolute atomic E-state index is 12.2. The first-order chi connectivity index (χ1) is 9.63. The minimum Gasteiger partial charge on any atom is -0.393 e. The van der Waals surface area contributed by atoms with Crippen LogP contribution in [0.5, 0.6) is 0 Å². The van der Waals surface area contributed by atoms with Gasteiger partial charge in [-0.05, 0) is 32.1 Å². The van der Waals surface area contributed by atoms with Crippen molar-refractivity contribution in [3.63, 3.8) is 0 Å². The van der Waals surface area contributed by atoms with Crippen molar-refractivity contribution in [1.29, 1.82) is 0 Å². The molecule has 112 valence electrons. The number of ether oxygens (including phenoxy) is 1. The number of aryl methyl sites for hydroxylation is 1. The third kappa shape index (κ3) is 3.30. The molecule has 1 unspecified atom stereocenters. The van der Waals surface area contributed by atoms with Gasteiger partial charge in [0.1, 0.15) is 5.69 Å². The van der Waals surface area contributed by atoms with Crippen LogP contribution in [0.3, 0.4) is 0 Å². The molecule has 0 bridgehead atoms. The Balaban J connectivity index is 2.09. The van der Waals surface area contributed by atoms with Gasteiger partial charge < -0.3 is 10.5 Å². The highest BCUT2D eigenvalue weighted by molar-refractivity contribution is 5.30. The summed E-state index contributed by atoms with van der Waals surface area (Å²) in [5, 5.41) is 0. The zero-order valence-electron chi connectivity index (χ0n) is 12.0. The molecule has 0 aromatic carbocycles. The van der Waals surface area contributed by atoms with E-state index in [4.69, 9.17) is 10.5 Å². The van der Waals surface area contributed by atoms with Crippen molar-refractivity contribution in [2.75, 3.05) is 12.3 Å². The van der Waals surface area contributed by atoms with Crippen LogP contribution < -0.4 is 17.0 Å². The normalized spacial score (nSPS) is 18.6. The van der Waals surface area contributed by atoms with Crippen LogP contribution in [0.15, 0.2) is 15.8 Å². The molecular formula is C14H23N3O3. The summed E-state index contributed by atoms with van der Waals surface area (Å²) in [6, 6.07) is 0. The number of rotatable bonds is 6. The van der Waals surface area contributed by atoms with E-state index in [1.165, 1.54) is 15.3 Å². The summed E-state index contributed by atoms with van der Waals surface area (Å²) in [6.45, 7) is 3.79. The fourth-order valence-electron chi connectivity index (χ4n) is 2.62. The number of nitrogens with two attached hydrogens (primary N) is 1. The second-order valence-electron chi connectivity index (χ2n) is 5.29. The molecule has 0 aliphatic carbocycles. The molecule has 0 spiro atoms. The van der Waals surface area contributed by atoms with Crippen LogP contribution in [-0.4, -0.2) is 21.8 Å². The molecular weight excluding hydrogens is 258 g/mol. The van der Waals surface area contributed by atoms with Crippen molar-refractivity contribution >= 4 is 5.69 Å². The van der Waals surface area contributed by atoms with Gasteiger partial charge in [-0.15, -0.1) is 0 Å². The number of nitrogen functional groups attached to an aromatic ring is 1. The third-order valence-electron chi connectivity index (χ3n) is 3.66. The lowest BCUT2D eigenvalue weighted by molar-refractivity contribution is 0.101. The lowest BCUT2D eigenvalue weighted by atomic mass is 10.1. The average Bonchev–Trinajstić information content (AvgIpc) is 2.93. The SMILES string of the molecule is CCCn1cc(N)c(=O)n(CCCC2CCCO2)c1=O. The van der Waals surface area contributed by atoms with Gasteiger partial charge in [0, 0.05) is 25.9 Å². The van der Waals surface area contributed by atoms with Crippen molar-refractivity contribution in [2.45, 2.75) is 58.2 Å². The van der Waals surface area contributed by atoms with E-state index in [0.29, 0.717) is 13.1 Å². The lowest BCUT2D eigenvalue weighted by Crippen LogP contribution is -2.40. The molecule has 1 aliphatic heterocycles. The monoisotopic (exact) mass is 281 g/mol. The lowest BCUT2D eigenvalue weighted by Gasteiger charge is -2.12. The quantitative estimate of drug-likeness (QED) is 0.842. The Morgan fingerprint density at radius 3 is 2.85 bits per heavy atom. The summed E-state index contributed by atoms with van der Waals surface area (Å²) in [5.41, 5.74) is 5.19. The molecule has 0 radical (unpaired) electrons. The first-order valence-electron chi connectivity index (χ1n) is 7.35. The first kappa shape index (κ1) is 14.8. The van der Waals surface area contributed by atoms with Crippen molar-refractivity contribution < 1.29 is 4.74 Å². The van der Waals surface area contributed by atoms with E-state index in [1.54, 1.807) is 0 Å². The van der Waals surface area contributed by atoms with Crippen LogP contribution in [0.4, 0.5) is 5.69 Å². The van der Waals surface area contributed by atoms with E-state index in [2.05, 4.69) is 0 Å². The third-order valence-corrected chi connectivity index (χ3v) is 3.66. The Labute approximate surface area is 118 Å². The molecule has 2 heterocycles. The van der Waals surface area contributed by atoms with E-state index in [0.717, 1.165) is 38.7 Å². The van der Waals surface area contributed by atoms with Gasteiger partial charge in [0.05, 0.1) is 6.10 Å². The summed E-state index contributed by atoms with van der Waals surface area (Å²) in [7, 11) is 0. The summed E-state index contributed by atoms with van der Waals surface area (Å²) in [5.74, 6) is 0. The second-order valence-corrected chi connectivity index (χ2v) is 5.29. The molecule has 6 nitrogen and oxygen atoms in total. The van der Waals surface area contributed by atoms with Gasteiger partial charge in [0.2, 0.25) is 0 Å². The minimum atomic E-state index is -0.380. The molecule has 1 fully saturated rings. The van der Waals surface area contributed by atoms with Gasteiger partial charge in [0.25, 0.3) is 5.56 Å². The highest BCUT2D eigenvalue weighted by Gasteiger charge is 2.15. The first-order valence-corrected chi connectivity index (χ1v) is 7.35. The summed E-state index contributed by atoms with van der Waals surface area (Å²) >= 11 is 0. The van der Waals surface area contributed by atoms with E-state index in [-0.39, 0.29) is 23.0 Å². The molecule has 0 saturated carbocycles. The van der Waals surface area contributed by atoms with Crippen molar-refractivity contribution in [3.8, 4) is 0 Å². The van der Waals surface area contributed by atoms with Crippen LogP contribution >= 0.6 is 0 Å². The number of nitrogens with zero attached hydrogens (tertiary/aromatic N) is 2. The topological polar surface area (TPSA) is 79.2 Å². The largest absolute Gasteiger partial charge is 0.393 e. The standard InChI is InChI=1S/C14H23N3O3/c1-2-7-16-10-12(15)13(18)17(14(16)19)8-3-5-11-6-4-9-20-11/h10-11H,2-9,15H2,1H3. The molecule has 0 amide bonds. The van der Waals surface area contributed by atoms with Crippen LogP contribution in [0.25, 0.3) is 0 Å². The number of hydrogen-bond acceptors (Lipinski definition) is 4. The van der Waals surface area contributed by atoms with Gasteiger partial charge >= 0.3 is 5.69 Å². The predicted molar refractivity (Wildman–Crippen MR) is 77.9 cm³/mol.